The smallest absolute Gasteiger partial charge is 0.341 e. The molecule has 2 aliphatic rings. The van der Waals surface area contributed by atoms with Crippen molar-refractivity contribution in [3.05, 3.63) is 45.1 Å². The Morgan fingerprint density at radius 3 is 2.49 bits per heavy atom. The van der Waals surface area contributed by atoms with E-state index in [-0.39, 0.29) is 23.4 Å². The van der Waals surface area contributed by atoms with E-state index in [1.165, 1.54) is 13.0 Å². The molecule has 1 aliphatic heterocycles. The number of carboxylic acids is 1. The summed E-state index contributed by atoms with van der Waals surface area (Å²) in [5.74, 6) is -2.62. The van der Waals surface area contributed by atoms with Crippen LogP contribution in [0.5, 0.6) is 0 Å². The van der Waals surface area contributed by atoms with E-state index in [4.69, 9.17) is 5.73 Å². The Bertz CT molecular complexity index is 1270. The molecule has 2 amide bonds. The molecule has 10 nitrogen and oxygen atoms in total. The Balaban J connectivity index is 1.60. The molecule has 2 fully saturated rings. The molecule has 2 aromatic rings. The van der Waals surface area contributed by atoms with Gasteiger partial charge < -0.3 is 26.4 Å². The van der Waals surface area contributed by atoms with Crippen LogP contribution in [0.4, 0.5) is 10.1 Å². The summed E-state index contributed by atoms with van der Waals surface area (Å²) in [6.07, 6.45) is 3.41. The van der Waals surface area contributed by atoms with Gasteiger partial charge in [0.25, 0.3) is 5.56 Å². The zero-order valence-corrected chi connectivity index (χ0v) is 19.9. The van der Waals surface area contributed by atoms with Gasteiger partial charge in [-0.15, -0.1) is 0 Å². The van der Waals surface area contributed by atoms with Gasteiger partial charge >= 0.3 is 5.97 Å². The number of nitrogens with one attached hydrogen (secondary N) is 2. The second kappa shape index (κ2) is 9.29. The molecule has 3 heterocycles. The lowest BCUT2D eigenvalue weighted by Crippen LogP contribution is -2.51. The summed E-state index contributed by atoms with van der Waals surface area (Å²) in [4.78, 5) is 50.5. The van der Waals surface area contributed by atoms with Crippen LogP contribution in [-0.2, 0) is 9.59 Å². The van der Waals surface area contributed by atoms with Crippen LogP contribution in [0.15, 0.2) is 17.1 Å². The summed E-state index contributed by atoms with van der Waals surface area (Å²) in [6.45, 7) is 5.66. The summed E-state index contributed by atoms with van der Waals surface area (Å²) >= 11 is 0. The first-order chi connectivity index (χ1) is 16.5. The third kappa shape index (κ3) is 4.72. The first-order valence-electron chi connectivity index (χ1n) is 11.7. The van der Waals surface area contributed by atoms with E-state index >= 15 is 4.39 Å². The maximum absolute atomic E-state index is 15.3. The Kier molecular flexibility index (Phi) is 6.54. The zero-order valence-electron chi connectivity index (χ0n) is 19.9. The zero-order chi connectivity index (χ0) is 25.6. The molecule has 4 rings (SSSR count). The highest BCUT2D eigenvalue weighted by atomic mass is 19.1. The number of aryl methyl sites for hydroxylation is 1. The molecule has 1 saturated heterocycles. The number of hydrogen-bond donors (Lipinski definition) is 4. The molecule has 0 bridgehead atoms. The molecule has 188 valence electrons. The number of amides is 2. The minimum atomic E-state index is -1.34. The Labute approximate surface area is 201 Å². The monoisotopic (exact) mass is 487 g/mol. The summed E-state index contributed by atoms with van der Waals surface area (Å²) in [7, 11) is 0. The third-order valence-corrected chi connectivity index (χ3v) is 6.71. The first-order valence-corrected chi connectivity index (χ1v) is 11.7. The van der Waals surface area contributed by atoms with Gasteiger partial charge in [-0.1, -0.05) is 0 Å². The number of carboxylic acid groups (broad SMARTS) is 1. The van der Waals surface area contributed by atoms with E-state index in [0.29, 0.717) is 36.3 Å². The van der Waals surface area contributed by atoms with Gasteiger partial charge in [0.2, 0.25) is 11.8 Å². The van der Waals surface area contributed by atoms with Crippen molar-refractivity contribution < 1.29 is 23.9 Å². The molecule has 0 spiro atoms. The standard InChI is InChI=1S/C24H30FN5O5/c1-11-19-16(14-4-5-14)8-17(24(34)35)23(33)30(19)10-18(25)20(11)29-7-6-15(9-29)28-22(32)13(3)27-21(31)12(2)26/h8,10,12-15H,4-7,9,26H2,1-3H3,(H,27,31)(H,28,32)(H,34,35)/t12-,13-,15?/m0/s1. The second-order valence-electron chi connectivity index (χ2n) is 9.53. The maximum Gasteiger partial charge on any atom is 0.341 e. The van der Waals surface area contributed by atoms with Crippen molar-refractivity contribution in [1.82, 2.24) is 15.0 Å². The van der Waals surface area contributed by atoms with Gasteiger partial charge in [-0.3, -0.25) is 18.8 Å². The van der Waals surface area contributed by atoms with Gasteiger partial charge in [0.05, 0.1) is 23.4 Å². The average molecular weight is 488 g/mol. The van der Waals surface area contributed by atoms with Crippen molar-refractivity contribution in [3.63, 3.8) is 0 Å². The number of carbonyl (C=O) groups is 3. The van der Waals surface area contributed by atoms with Crippen LogP contribution in [0.25, 0.3) is 5.52 Å². The fourth-order valence-corrected chi connectivity index (χ4v) is 4.71. The number of aromatic carboxylic acids is 1. The molecule has 0 radical (unpaired) electrons. The van der Waals surface area contributed by atoms with Crippen LogP contribution < -0.4 is 26.8 Å². The van der Waals surface area contributed by atoms with Crippen molar-refractivity contribution >= 4 is 29.0 Å². The second-order valence-corrected chi connectivity index (χ2v) is 9.53. The number of fused-ring (bicyclic) bond motifs is 1. The summed E-state index contributed by atoms with van der Waals surface area (Å²) in [6, 6.07) is -0.326. The lowest BCUT2D eigenvalue weighted by atomic mass is 10.0. The SMILES string of the molecule is Cc1c(N2CCC(NC(=O)[C@H](C)NC(=O)[C@H](C)N)C2)c(F)cn2c(=O)c(C(=O)O)cc(C3CC3)c12. The number of nitrogens with zero attached hydrogens (tertiary/aromatic N) is 2. The lowest BCUT2D eigenvalue weighted by Gasteiger charge is -2.24. The molecule has 3 atom stereocenters. The van der Waals surface area contributed by atoms with Crippen molar-refractivity contribution in [1.29, 1.82) is 0 Å². The Morgan fingerprint density at radius 2 is 1.89 bits per heavy atom. The van der Waals surface area contributed by atoms with Crippen LogP contribution >= 0.6 is 0 Å². The van der Waals surface area contributed by atoms with E-state index in [1.54, 1.807) is 13.8 Å². The van der Waals surface area contributed by atoms with E-state index in [0.717, 1.165) is 29.0 Å². The topological polar surface area (TPSA) is 146 Å². The Hall–Kier alpha value is -3.47. The molecule has 1 unspecified atom stereocenters. The lowest BCUT2D eigenvalue weighted by molar-refractivity contribution is -0.129. The normalized spacial score (nSPS) is 19.5. The van der Waals surface area contributed by atoms with Gasteiger partial charge in [-0.25, -0.2) is 9.18 Å². The molecule has 11 heteroatoms. The number of rotatable bonds is 7. The minimum absolute atomic E-state index is 0.138. The highest BCUT2D eigenvalue weighted by Crippen LogP contribution is 2.44. The summed E-state index contributed by atoms with van der Waals surface area (Å²) < 4.78 is 16.4. The van der Waals surface area contributed by atoms with Gasteiger partial charge in [0, 0.05) is 19.1 Å². The van der Waals surface area contributed by atoms with Crippen LogP contribution in [0, 0.1) is 12.7 Å². The highest BCUT2D eigenvalue weighted by Gasteiger charge is 2.33. The van der Waals surface area contributed by atoms with Crippen molar-refractivity contribution in [2.24, 2.45) is 5.73 Å². The van der Waals surface area contributed by atoms with E-state index < -0.39 is 35.3 Å². The molecule has 0 aromatic carbocycles. The largest absolute Gasteiger partial charge is 0.477 e. The summed E-state index contributed by atoms with van der Waals surface area (Å²) in [5, 5.41) is 14.9. The van der Waals surface area contributed by atoms with Crippen LogP contribution in [0.3, 0.4) is 0 Å². The van der Waals surface area contributed by atoms with Gasteiger partial charge in [-0.05, 0) is 63.1 Å². The molecular formula is C24H30FN5O5. The molecular weight excluding hydrogens is 457 g/mol. The number of anilines is 1. The molecule has 1 aliphatic carbocycles. The molecule has 2 aromatic heterocycles. The number of carbonyl (C=O) groups excluding carboxylic acids is 2. The fourth-order valence-electron chi connectivity index (χ4n) is 4.71. The summed E-state index contributed by atoms with van der Waals surface area (Å²) in [5.41, 5.74) is 6.57. The van der Waals surface area contributed by atoms with Crippen LogP contribution in [0.2, 0.25) is 0 Å². The predicted octanol–water partition coefficient (Wildman–Crippen LogP) is 0.869. The van der Waals surface area contributed by atoms with Gasteiger partial charge in [0.1, 0.15) is 11.6 Å². The van der Waals surface area contributed by atoms with E-state index in [9.17, 15) is 24.3 Å². The van der Waals surface area contributed by atoms with Crippen molar-refractivity contribution in [2.75, 3.05) is 18.0 Å². The average Bonchev–Trinajstić information content (AvgIpc) is 3.53. The number of halogens is 1. The number of nitrogens with two attached hydrogens (primary N) is 1. The number of pyridine rings is 2. The van der Waals surface area contributed by atoms with Crippen LogP contribution in [-0.4, -0.2) is 58.5 Å². The highest BCUT2D eigenvalue weighted by molar-refractivity contribution is 5.90. The molecule has 35 heavy (non-hydrogen) atoms. The van der Waals surface area contributed by atoms with E-state index in [1.807, 2.05) is 4.90 Å². The van der Waals surface area contributed by atoms with Crippen molar-refractivity contribution in [3.8, 4) is 0 Å². The van der Waals surface area contributed by atoms with Crippen LogP contribution in [0.1, 0.15) is 60.5 Å². The quantitative estimate of drug-likeness (QED) is 0.453. The Morgan fingerprint density at radius 1 is 1.20 bits per heavy atom. The minimum Gasteiger partial charge on any atom is -0.477 e. The third-order valence-electron chi connectivity index (χ3n) is 6.71. The number of aromatic nitrogens is 1. The van der Waals surface area contributed by atoms with Crippen molar-refractivity contribution in [2.45, 2.75) is 64.1 Å². The number of hydrogen-bond acceptors (Lipinski definition) is 6. The fraction of sp³-hybridized carbons (Fsp3) is 0.500. The molecule has 5 N–H and O–H groups in total. The molecule has 1 saturated carbocycles. The van der Waals surface area contributed by atoms with Gasteiger partial charge in [-0.2, -0.15) is 0 Å². The first kappa shape index (κ1) is 24.6. The van der Waals surface area contributed by atoms with E-state index in [2.05, 4.69) is 10.6 Å². The predicted molar refractivity (Wildman–Crippen MR) is 127 cm³/mol. The van der Waals surface area contributed by atoms with Gasteiger partial charge in [0.15, 0.2) is 5.82 Å². The maximum atomic E-state index is 15.3.